The molecule has 0 saturated carbocycles. The average molecular weight is 527 g/mol. The molecule has 1 aromatic heterocycles. The van der Waals surface area contributed by atoms with E-state index >= 15 is 0 Å². The first kappa shape index (κ1) is 28.2. The molecule has 0 bridgehead atoms. The van der Waals surface area contributed by atoms with Gasteiger partial charge in [0.15, 0.2) is 6.20 Å². The van der Waals surface area contributed by atoms with Crippen LogP contribution in [0.15, 0.2) is 55.3 Å². The fourth-order valence-corrected chi connectivity index (χ4v) is 4.13. The molecule has 2 heterocycles. The summed E-state index contributed by atoms with van der Waals surface area (Å²) in [5, 5.41) is 16.4. The number of aromatic nitrogens is 1. The summed E-state index contributed by atoms with van der Waals surface area (Å²) in [6.45, 7) is 5.68. The van der Waals surface area contributed by atoms with Gasteiger partial charge in [-0.2, -0.15) is 0 Å². The number of hydrogen-bond donors (Lipinski definition) is 2. The number of hydrogen-bond acceptors (Lipinski definition) is 7. The second-order valence-corrected chi connectivity index (χ2v) is 8.86. The van der Waals surface area contributed by atoms with E-state index in [4.69, 9.17) is 0 Å². The molecular formula is C26H31FN6O5. The lowest BCUT2D eigenvalue weighted by molar-refractivity contribution is -0.389. The number of pyridine rings is 1. The van der Waals surface area contributed by atoms with Gasteiger partial charge in [-0.05, 0) is 59.0 Å². The van der Waals surface area contributed by atoms with Gasteiger partial charge in [0.05, 0.1) is 12.1 Å². The molecule has 12 heteroatoms. The minimum absolute atomic E-state index is 0.0143. The van der Waals surface area contributed by atoms with E-state index in [-0.39, 0.29) is 30.0 Å². The highest BCUT2D eigenvalue weighted by atomic mass is 19.1. The zero-order chi connectivity index (χ0) is 27.5. The van der Waals surface area contributed by atoms with Gasteiger partial charge in [-0.3, -0.25) is 14.4 Å². The minimum atomic E-state index is -0.745. The smallest absolute Gasteiger partial charge is 0.363 e. The molecule has 1 aliphatic heterocycles. The molecule has 2 N–H and O–H groups in total. The van der Waals surface area contributed by atoms with Gasteiger partial charge in [0.2, 0.25) is 17.7 Å². The fourth-order valence-electron chi connectivity index (χ4n) is 4.13. The number of piperazine rings is 1. The van der Waals surface area contributed by atoms with Crippen molar-refractivity contribution in [2.75, 3.05) is 37.6 Å². The molecule has 0 aliphatic carbocycles. The number of anilines is 1. The van der Waals surface area contributed by atoms with Crippen molar-refractivity contribution < 1.29 is 23.7 Å². The maximum Gasteiger partial charge on any atom is 0.363 e. The van der Waals surface area contributed by atoms with Gasteiger partial charge >= 0.3 is 5.82 Å². The van der Waals surface area contributed by atoms with Crippen LogP contribution in [0.1, 0.15) is 24.8 Å². The lowest BCUT2D eigenvalue weighted by atomic mass is 10.1. The van der Waals surface area contributed by atoms with Crippen molar-refractivity contribution in [2.24, 2.45) is 0 Å². The van der Waals surface area contributed by atoms with Crippen molar-refractivity contribution >= 4 is 29.2 Å². The first-order chi connectivity index (χ1) is 18.3. The third-order valence-corrected chi connectivity index (χ3v) is 6.19. The number of halogens is 1. The number of carbonyl (C=O) groups is 3. The summed E-state index contributed by atoms with van der Waals surface area (Å²) in [5.74, 6) is -1.44. The fraction of sp³-hybridized carbons (Fsp3) is 0.385. The number of amides is 3. The van der Waals surface area contributed by atoms with E-state index < -0.39 is 16.8 Å². The summed E-state index contributed by atoms with van der Waals surface area (Å²) >= 11 is 0. The number of benzene rings is 1. The Hall–Kier alpha value is -4.35. The average Bonchev–Trinajstić information content (AvgIpc) is 2.93. The van der Waals surface area contributed by atoms with E-state index in [9.17, 15) is 28.9 Å². The van der Waals surface area contributed by atoms with Gasteiger partial charge in [-0.1, -0.05) is 18.7 Å². The van der Waals surface area contributed by atoms with Crippen molar-refractivity contribution in [3.05, 3.63) is 76.7 Å². The molecule has 11 nitrogen and oxygen atoms in total. The van der Waals surface area contributed by atoms with Crippen LogP contribution >= 0.6 is 0 Å². The number of unbranched alkanes of at least 4 members (excludes halogenated alkanes) is 1. The molecule has 1 saturated heterocycles. The molecule has 202 valence electrons. The number of nitro groups is 1. The zero-order valence-corrected chi connectivity index (χ0v) is 21.0. The maximum atomic E-state index is 13.4. The van der Waals surface area contributed by atoms with Crippen LogP contribution in [0, 0.1) is 15.9 Å². The number of rotatable bonds is 12. The SMILES string of the molecule is C=CC(=O)NCCCC[C@H](NC(=O)Cc1ccc(F)cc1)C(=O)N1CCN(c2ccc([N+](=O)[O-])nc2)CC1. The van der Waals surface area contributed by atoms with Gasteiger partial charge in [0.1, 0.15) is 11.9 Å². The topological polar surface area (TPSA) is 138 Å². The zero-order valence-electron chi connectivity index (χ0n) is 21.0. The monoisotopic (exact) mass is 526 g/mol. The van der Waals surface area contributed by atoms with Gasteiger partial charge in [0.25, 0.3) is 0 Å². The Morgan fingerprint density at radius 2 is 1.82 bits per heavy atom. The number of nitrogens with zero attached hydrogens (tertiary/aromatic N) is 4. The van der Waals surface area contributed by atoms with Crippen molar-refractivity contribution in [3.8, 4) is 0 Å². The van der Waals surface area contributed by atoms with E-state index in [1.807, 2.05) is 4.90 Å². The first-order valence-corrected chi connectivity index (χ1v) is 12.3. The van der Waals surface area contributed by atoms with Crippen molar-refractivity contribution in [1.29, 1.82) is 0 Å². The Kier molecular flexibility index (Phi) is 10.3. The molecule has 0 spiro atoms. The van der Waals surface area contributed by atoms with E-state index in [2.05, 4.69) is 22.2 Å². The third kappa shape index (κ3) is 8.36. The molecule has 1 aliphatic rings. The molecule has 2 aromatic rings. The Balaban J connectivity index is 1.58. The van der Waals surface area contributed by atoms with Crippen LogP contribution in [0.4, 0.5) is 15.9 Å². The normalized spacial score (nSPS) is 13.9. The summed E-state index contributed by atoms with van der Waals surface area (Å²) in [5.41, 5.74) is 1.36. The molecule has 1 atom stereocenters. The quantitative estimate of drug-likeness (QED) is 0.187. The van der Waals surface area contributed by atoms with E-state index in [0.29, 0.717) is 57.5 Å². The maximum absolute atomic E-state index is 13.4. The van der Waals surface area contributed by atoms with Crippen LogP contribution in [-0.2, 0) is 20.8 Å². The molecule has 1 fully saturated rings. The van der Waals surface area contributed by atoms with E-state index in [0.717, 1.165) is 5.69 Å². The predicted octanol–water partition coefficient (Wildman–Crippen LogP) is 1.98. The van der Waals surface area contributed by atoms with Crippen LogP contribution in [-0.4, -0.2) is 71.3 Å². The molecule has 38 heavy (non-hydrogen) atoms. The Morgan fingerprint density at radius 1 is 1.11 bits per heavy atom. The summed E-state index contributed by atoms with van der Waals surface area (Å²) in [6.07, 6.45) is 4.26. The van der Waals surface area contributed by atoms with Crippen LogP contribution in [0.2, 0.25) is 0 Å². The first-order valence-electron chi connectivity index (χ1n) is 12.3. The second kappa shape index (κ2) is 13.8. The molecule has 1 aromatic carbocycles. The van der Waals surface area contributed by atoms with Crippen LogP contribution in [0.25, 0.3) is 0 Å². The third-order valence-electron chi connectivity index (χ3n) is 6.19. The van der Waals surface area contributed by atoms with Crippen LogP contribution in [0.5, 0.6) is 0 Å². The largest absolute Gasteiger partial charge is 0.365 e. The van der Waals surface area contributed by atoms with Crippen molar-refractivity contribution in [1.82, 2.24) is 20.5 Å². The lowest BCUT2D eigenvalue weighted by Crippen LogP contribution is -2.55. The summed E-state index contributed by atoms with van der Waals surface area (Å²) in [7, 11) is 0. The van der Waals surface area contributed by atoms with Gasteiger partial charge < -0.3 is 30.5 Å². The van der Waals surface area contributed by atoms with Crippen LogP contribution in [0.3, 0.4) is 0 Å². The molecule has 0 radical (unpaired) electrons. The standard InChI is InChI=1S/C26H31FN6O5/c1-2-24(34)28-12-4-3-5-22(30-25(35)17-19-6-8-20(27)9-7-19)26(36)32-15-13-31(14-16-32)21-10-11-23(29-18-21)33(37)38/h2,6-11,18,22H,1,3-5,12-17H2,(H,28,34)(H,30,35)/t22-/m0/s1. The molecule has 3 amide bonds. The van der Waals surface area contributed by atoms with Gasteiger partial charge in [-0.25, -0.2) is 4.39 Å². The Morgan fingerprint density at radius 3 is 2.42 bits per heavy atom. The highest BCUT2D eigenvalue weighted by Gasteiger charge is 2.29. The van der Waals surface area contributed by atoms with Crippen molar-refractivity contribution in [2.45, 2.75) is 31.7 Å². The molecular weight excluding hydrogens is 495 g/mol. The Bertz CT molecular complexity index is 1130. The summed E-state index contributed by atoms with van der Waals surface area (Å²) in [6, 6.07) is 7.85. The summed E-state index contributed by atoms with van der Waals surface area (Å²) < 4.78 is 13.2. The Labute approximate surface area is 219 Å². The number of nitrogens with one attached hydrogen (secondary N) is 2. The predicted molar refractivity (Wildman–Crippen MR) is 139 cm³/mol. The molecule has 0 unspecified atom stereocenters. The minimum Gasteiger partial charge on any atom is -0.365 e. The summed E-state index contributed by atoms with van der Waals surface area (Å²) in [4.78, 5) is 55.2. The highest BCUT2D eigenvalue weighted by molar-refractivity contribution is 5.88. The van der Waals surface area contributed by atoms with Crippen molar-refractivity contribution in [3.63, 3.8) is 0 Å². The second-order valence-electron chi connectivity index (χ2n) is 8.86. The van der Waals surface area contributed by atoms with Crippen LogP contribution < -0.4 is 15.5 Å². The molecule has 3 rings (SSSR count). The van der Waals surface area contributed by atoms with E-state index in [1.165, 1.54) is 42.6 Å². The van der Waals surface area contributed by atoms with Gasteiger partial charge in [0, 0.05) is 38.8 Å². The number of carbonyl (C=O) groups excluding carboxylic acids is 3. The highest BCUT2D eigenvalue weighted by Crippen LogP contribution is 2.19. The van der Waals surface area contributed by atoms with E-state index in [1.54, 1.807) is 11.0 Å². The lowest BCUT2D eigenvalue weighted by Gasteiger charge is -2.37. The van der Waals surface area contributed by atoms with Gasteiger partial charge in [-0.15, -0.1) is 0 Å².